The van der Waals surface area contributed by atoms with E-state index in [1.54, 1.807) is 17.1 Å². The minimum absolute atomic E-state index is 0.212. The quantitative estimate of drug-likeness (QED) is 0.764. The number of aromatic amines is 1. The number of hydrogen-bond acceptors (Lipinski definition) is 4. The molecule has 0 fully saturated rings. The van der Waals surface area contributed by atoms with Gasteiger partial charge in [0.25, 0.3) is 5.56 Å². The topological polar surface area (TPSA) is 76.5 Å². The molecule has 20 heavy (non-hydrogen) atoms. The Balaban J connectivity index is 2.11. The number of nitrogens with one attached hydrogen (secondary N) is 1. The van der Waals surface area contributed by atoms with Crippen LogP contribution in [0.3, 0.4) is 0 Å². The monoisotopic (exact) mass is 267 g/mol. The van der Waals surface area contributed by atoms with Crippen LogP contribution < -0.4 is 5.56 Å². The van der Waals surface area contributed by atoms with Crippen molar-refractivity contribution >= 4 is 0 Å². The first-order valence-corrected chi connectivity index (χ1v) is 6.15. The van der Waals surface area contributed by atoms with Crippen LogP contribution in [0, 0.1) is 6.92 Å². The summed E-state index contributed by atoms with van der Waals surface area (Å²) in [5, 5.41) is 4.09. The summed E-state index contributed by atoms with van der Waals surface area (Å²) < 4.78 is 1.67. The molecule has 3 rings (SSSR count). The molecule has 0 radical (unpaired) electrons. The summed E-state index contributed by atoms with van der Waals surface area (Å²) in [6.45, 7) is 1.96. The van der Waals surface area contributed by atoms with E-state index in [1.165, 1.54) is 6.07 Å². The molecule has 0 atom stereocenters. The van der Waals surface area contributed by atoms with Crippen molar-refractivity contribution in [2.45, 2.75) is 6.92 Å². The summed E-state index contributed by atoms with van der Waals surface area (Å²) in [7, 11) is 1.82. The van der Waals surface area contributed by atoms with Gasteiger partial charge in [-0.05, 0) is 18.6 Å². The van der Waals surface area contributed by atoms with Crippen molar-refractivity contribution in [2.75, 3.05) is 0 Å². The maximum absolute atomic E-state index is 11.8. The van der Waals surface area contributed by atoms with E-state index in [0.717, 1.165) is 11.1 Å². The Morgan fingerprint density at radius 1 is 1.20 bits per heavy atom. The normalized spacial score (nSPS) is 10.7. The van der Waals surface area contributed by atoms with Crippen LogP contribution >= 0.6 is 0 Å². The van der Waals surface area contributed by atoms with E-state index in [0.29, 0.717) is 17.2 Å². The standard InChI is InChI=1S/C14H13N5O/c1-9-3-4-11(15-6-9)14-17-12(5-13(20)18-14)10-7-16-19(2)8-10/h3-8H,1-2H3,(H,17,18,20). The zero-order valence-corrected chi connectivity index (χ0v) is 11.2. The highest BCUT2D eigenvalue weighted by molar-refractivity contribution is 5.60. The molecule has 0 aromatic carbocycles. The second kappa shape index (κ2) is 4.73. The minimum Gasteiger partial charge on any atom is -0.305 e. The fourth-order valence-corrected chi connectivity index (χ4v) is 1.89. The third-order valence-corrected chi connectivity index (χ3v) is 2.90. The summed E-state index contributed by atoms with van der Waals surface area (Å²) >= 11 is 0. The average Bonchev–Trinajstić information content (AvgIpc) is 2.85. The van der Waals surface area contributed by atoms with Crippen LogP contribution in [0.5, 0.6) is 0 Å². The summed E-state index contributed by atoms with van der Waals surface area (Å²) in [4.78, 5) is 23.2. The van der Waals surface area contributed by atoms with E-state index in [-0.39, 0.29) is 5.56 Å². The zero-order chi connectivity index (χ0) is 14.1. The van der Waals surface area contributed by atoms with Crippen molar-refractivity contribution in [3.8, 4) is 22.8 Å². The molecule has 0 bridgehead atoms. The van der Waals surface area contributed by atoms with Gasteiger partial charge < -0.3 is 4.98 Å². The Bertz CT molecular complexity index is 801. The van der Waals surface area contributed by atoms with Gasteiger partial charge in [0.15, 0.2) is 5.82 Å². The highest BCUT2D eigenvalue weighted by Gasteiger charge is 2.08. The Morgan fingerprint density at radius 2 is 2.05 bits per heavy atom. The second-order valence-corrected chi connectivity index (χ2v) is 4.60. The molecule has 0 amide bonds. The van der Waals surface area contributed by atoms with Gasteiger partial charge >= 0.3 is 0 Å². The average molecular weight is 267 g/mol. The van der Waals surface area contributed by atoms with Crippen LogP contribution in [-0.2, 0) is 7.05 Å². The molecule has 0 spiro atoms. The van der Waals surface area contributed by atoms with Crippen molar-refractivity contribution < 1.29 is 0 Å². The molecule has 3 aromatic heterocycles. The fourth-order valence-electron chi connectivity index (χ4n) is 1.89. The fraction of sp³-hybridized carbons (Fsp3) is 0.143. The molecule has 6 heteroatoms. The van der Waals surface area contributed by atoms with Crippen molar-refractivity contribution in [3.63, 3.8) is 0 Å². The van der Waals surface area contributed by atoms with Gasteiger partial charge in [-0.25, -0.2) is 4.98 Å². The molecule has 0 saturated heterocycles. The van der Waals surface area contributed by atoms with E-state index in [4.69, 9.17) is 0 Å². The molecule has 0 aliphatic heterocycles. The first-order chi connectivity index (χ1) is 9.61. The minimum atomic E-state index is -0.212. The molecule has 0 aliphatic carbocycles. The van der Waals surface area contributed by atoms with Gasteiger partial charge in [0.05, 0.1) is 11.9 Å². The van der Waals surface area contributed by atoms with Crippen LogP contribution in [0.15, 0.2) is 41.6 Å². The van der Waals surface area contributed by atoms with Gasteiger partial charge in [-0.1, -0.05) is 6.07 Å². The predicted molar refractivity (Wildman–Crippen MR) is 75.0 cm³/mol. The highest BCUT2D eigenvalue weighted by Crippen LogP contribution is 2.17. The van der Waals surface area contributed by atoms with Gasteiger partial charge in [-0.3, -0.25) is 14.5 Å². The third-order valence-electron chi connectivity index (χ3n) is 2.90. The van der Waals surface area contributed by atoms with Crippen LogP contribution in [0.1, 0.15) is 5.56 Å². The first kappa shape index (κ1) is 12.3. The van der Waals surface area contributed by atoms with Crippen molar-refractivity contribution in [2.24, 2.45) is 7.05 Å². The Morgan fingerprint density at radius 3 is 2.70 bits per heavy atom. The highest BCUT2D eigenvalue weighted by atomic mass is 16.1. The second-order valence-electron chi connectivity index (χ2n) is 4.60. The summed E-state index contributed by atoms with van der Waals surface area (Å²) in [6, 6.07) is 5.22. The number of rotatable bonds is 2. The third kappa shape index (κ3) is 2.35. The van der Waals surface area contributed by atoms with E-state index >= 15 is 0 Å². The molecular formula is C14H13N5O. The summed E-state index contributed by atoms with van der Waals surface area (Å²) in [5.41, 5.74) is 2.86. The Hall–Kier alpha value is -2.76. The molecule has 100 valence electrons. The Labute approximate surface area is 115 Å². The Kier molecular flexibility index (Phi) is 2.90. The van der Waals surface area contributed by atoms with Gasteiger partial charge in [0.2, 0.25) is 0 Å². The van der Waals surface area contributed by atoms with E-state index in [2.05, 4.69) is 20.1 Å². The molecule has 1 N–H and O–H groups in total. The van der Waals surface area contributed by atoms with Crippen LogP contribution in [-0.4, -0.2) is 24.7 Å². The lowest BCUT2D eigenvalue weighted by molar-refractivity contribution is 0.768. The van der Waals surface area contributed by atoms with E-state index < -0.39 is 0 Å². The number of pyridine rings is 1. The smallest absolute Gasteiger partial charge is 0.251 e. The number of nitrogens with zero attached hydrogens (tertiary/aromatic N) is 4. The van der Waals surface area contributed by atoms with Gasteiger partial charge in [0.1, 0.15) is 5.69 Å². The molecule has 0 aliphatic rings. The maximum Gasteiger partial charge on any atom is 0.251 e. The number of aryl methyl sites for hydroxylation is 2. The molecule has 0 unspecified atom stereocenters. The van der Waals surface area contributed by atoms with Gasteiger partial charge in [0, 0.05) is 31.1 Å². The van der Waals surface area contributed by atoms with Gasteiger partial charge in [-0.15, -0.1) is 0 Å². The summed E-state index contributed by atoms with van der Waals surface area (Å²) in [6.07, 6.45) is 5.23. The molecular weight excluding hydrogens is 254 g/mol. The molecule has 6 nitrogen and oxygen atoms in total. The zero-order valence-electron chi connectivity index (χ0n) is 11.2. The number of H-pyrrole nitrogens is 1. The SMILES string of the molecule is Cc1ccc(-c2nc(-c3cnn(C)c3)cc(=O)[nH]2)nc1. The van der Waals surface area contributed by atoms with E-state index in [9.17, 15) is 4.79 Å². The maximum atomic E-state index is 11.8. The predicted octanol–water partition coefficient (Wildman–Crippen LogP) is 1.54. The molecule has 3 aromatic rings. The lowest BCUT2D eigenvalue weighted by Crippen LogP contribution is -2.09. The van der Waals surface area contributed by atoms with Crippen LogP contribution in [0.25, 0.3) is 22.8 Å². The lowest BCUT2D eigenvalue weighted by Gasteiger charge is -2.02. The van der Waals surface area contributed by atoms with Crippen molar-refractivity contribution in [1.82, 2.24) is 24.7 Å². The lowest BCUT2D eigenvalue weighted by atomic mass is 10.2. The van der Waals surface area contributed by atoms with Crippen molar-refractivity contribution in [1.29, 1.82) is 0 Å². The largest absolute Gasteiger partial charge is 0.305 e. The summed E-state index contributed by atoms with van der Waals surface area (Å²) in [5.74, 6) is 0.455. The van der Waals surface area contributed by atoms with E-state index in [1.807, 2.05) is 32.3 Å². The number of hydrogen-bond donors (Lipinski definition) is 1. The molecule has 3 heterocycles. The molecule has 0 saturated carbocycles. The van der Waals surface area contributed by atoms with Crippen molar-refractivity contribution in [3.05, 3.63) is 52.7 Å². The van der Waals surface area contributed by atoms with Crippen LogP contribution in [0.2, 0.25) is 0 Å². The van der Waals surface area contributed by atoms with Gasteiger partial charge in [-0.2, -0.15) is 5.10 Å². The van der Waals surface area contributed by atoms with Crippen LogP contribution in [0.4, 0.5) is 0 Å². The first-order valence-electron chi connectivity index (χ1n) is 6.15. The number of aromatic nitrogens is 5.